The Morgan fingerprint density at radius 3 is 2.87 bits per heavy atom. The maximum atomic E-state index is 11.3. The molecule has 1 rings (SSSR count). The highest BCUT2D eigenvalue weighted by atomic mass is 32.2. The Labute approximate surface area is 89.0 Å². The van der Waals surface area contributed by atoms with Gasteiger partial charge in [0, 0.05) is 18.4 Å². The highest BCUT2D eigenvalue weighted by molar-refractivity contribution is 7.89. The summed E-state index contributed by atoms with van der Waals surface area (Å²) in [6.45, 7) is 1.85. The van der Waals surface area contributed by atoms with Crippen LogP contribution in [-0.2, 0) is 16.6 Å². The van der Waals surface area contributed by atoms with Crippen LogP contribution in [0.25, 0.3) is 0 Å². The molecule has 0 aliphatic carbocycles. The molecule has 15 heavy (non-hydrogen) atoms. The molecule has 86 valence electrons. The van der Waals surface area contributed by atoms with Gasteiger partial charge in [-0.3, -0.25) is 4.68 Å². The van der Waals surface area contributed by atoms with Crippen LogP contribution in [0.15, 0.2) is 18.5 Å². The van der Waals surface area contributed by atoms with Crippen molar-refractivity contribution in [2.75, 3.05) is 12.4 Å². The van der Waals surface area contributed by atoms with Gasteiger partial charge in [-0.1, -0.05) is 0 Å². The number of aromatic nitrogens is 2. The summed E-state index contributed by atoms with van der Waals surface area (Å²) in [7, 11) is -3.38. The highest BCUT2D eigenvalue weighted by Crippen LogP contribution is 1.93. The van der Waals surface area contributed by atoms with Gasteiger partial charge >= 0.3 is 0 Å². The van der Waals surface area contributed by atoms with Gasteiger partial charge in [0.05, 0.1) is 18.9 Å². The molecular weight excluding hydrogens is 218 g/mol. The van der Waals surface area contributed by atoms with E-state index in [9.17, 15) is 8.42 Å². The van der Waals surface area contributed by atoms with Gasteiger partial charge in [-0.2, -0.15) is 5.10 Å². The second-order valence-electron chi connectivity index (χ2n) is 3.29. The van der Waals surface area contributed by atoms with Crippen molar-refractivity contribution in [1.82, 2.24) is 14.5 Å². The molecule has 0 amide bonds. The molecule has 1 heterocycles. The zero-order chi connectivity index (χ0) is 11.3. The summed E-state index contributed by atoms with van der Waals surface area (Å²) in [5, 5.41) is 12.5. The Morgan fingerprint density at radius 1 is 1.60 bits per heavy atom. The monoisotopic (exact) mass is 233 g/mol. The van der Waals surface area contributed by atoms with E-state index in [1.807, 2.05) is 0 Å². The Hall–Kier alpha value is -0.920. The lowest BCUT2D eigenvalue weighted by atomic mass is 10.4. The van der Waals surface area contributed by atoms with Crippen molar-refractivity contribution in [2.45, 2.75) is 19.5 Å². The predicted octanol–water partition coefficient (Wildman–Crippen LogP) is -0.817. The third kappa shape index (κ3) is 4.41. The molecule has 0 aromatic carbocycles. The van der Waals surface area contributed by atoms with Crippen molar-refractivity contribution in [2.24, 2.45) is 0 Å². The summed E-state index contributed by atoms with van der Waals surface area (Å²) < 4.78 is 26.6. The van der Waals surface area contributed by atoms with E-state index in [0.717, 1.165) is 0 Å². The molecule has 0 radical (unpaired) electrons. The zero-order valence-corrected chi connectivity index (χ0v) is 9.31. The molecule has 6 nitrogen and oxygen atoms in total. The van der Waals surface area contributed by atoms with E-state index in [-0.39, 0.29) is 18.4 Å². The third-order valence-corrected chi connectivity index (χ3v) is 3.24. The van der Waals surface area contributed by atoms with E-state index in [1.54, 1.807) is 30.1 Å². The van der Waals surface area contributed by atoms with Crippen LogP contribution in [0.1, 0.15) is 6.92 Å². The van der Waals surface area contributed by atoms with Crippen molar-refractivity contribution in [3.05, 3.63) is 18.5 Å². The van der Waals surface area contributed by atoms with E-state index in [2.05, 4.69) is 9.82 Å². The Morgan fingerprint density at radius 2 is 2.33 bits per heavy atom. The van der Waals surface area contributed by atoms with E-state index in [1.165, 1.54) is 0 Å². The smallest absolute Gasteiger partial charge is 0.214 e. The molecule has 0 fully saturated rings. The fourth-order valence-corrected chi connectivity index (χ4v) is 2.26. The summed E-state index contributed by atoms with van der Waals surface area (Å²) in [4.78, 5) is 0. The van der Waals surface area contributed by atoms with Crippen LogP contribution in [0.2, 0.25) is 0 Å². The van der Waals surface area contributed by atoms with Crippen molar-refractivity contribution in [3.63, 3.8) is 0 Å². The number of nitrogens with zero attached hydrogens (tertiary/aromatic N) is 2. The van der Waals surface area contributed by atoms with Gasteiger partial charge in [-0.25, -0.2) is 13.1 Å². The maximum Gasteiger partial charge on any atom is 0.214 e. The van der Waals surface area contributed by atoms with Crippen LogP contribution < -0.4 is 4.72 Å². The molecule has 1 aromatic rings. The average molecular weight is 233 g/mol. The standard InChI is InChI=1S/C8H15N3O3S/c1-8(7-11-4-2-3-9-11)10-15(13,14)6-5-12/h2-4,8,10,12H,5-7H2,1H3. The second-order valence-corrected chi connectivity index (χ2v) is 5.16. The minimum absolute atomic E-state index is 0.249. The van der Waals surface area contributed by atoms with Crippen LogP contribution in [0.3, 0.4) is 0 Å². The van der Waals surface area contributed by atoms with Crippen LogP contribution in [0.5, 0.6) is 0 Å². The van der Waals surface area contributed by atoms with E-state index < -0.39 is 10.0 Å². The predicted molar refractivity (Wildman–Crippen MR) is 55.7 cm³/mol. The number of rotatable bonds is 6. The number of aliphatic hydroxyl groups is 1. The fourth-order valence-electron chi connectivity index (χ4n) is 1.21. The van der Waals surface area contributed by atoms with Crippen molar-refractivity contribution >= 4 is 10.0 Å². The topological polar surface area (TPSA) is 84.2 Å². The van der Waals surface area contributed by atoms with Gasteiger partial charge in [-0.15, -0.1) is 0 Å². The lowest BCUT2D eigenvalue weighted by Gasteiger charge is -2.13. The lowest BCUT2D eigenvalue weighted by Crippen LogP contribution is -2.37. The molecule has 2 N–H and O–H groups in total. The van der Waals surface area contributed by atoms with Gasteiger partial charge < -0.3 is 5.11 Å². The third-order valence-electron chi connectivity index (χ3n) is 1.76. The van der Waals surface area contributed by atoms with Crippen molar-refractivity contribution in [3.8, 4) is 0 Å². The SMILES string of the molecule is CC(Cn1cccn1)NS(=O)(=O)CCO. The van der Waals surface area contributed by atoms with Crippen LogP contribution in [0, 0.1) is 0 Å². The van der Waals surface area contributed by atoms with Crippen molar-refractivity contribution in [1.29, 1.82) is 0 Å². The molecule has 0 saturated carbocycles. The quantitative estimate of drug-likeness (QED) is 0.672. The second kappa shape index (κ2) is 5.24. The molecule has 0 aliphatic rings. The van der Waals surface area contributed by atoms with Crippen LogP contribution in [0.4, 0.5) is 0 Å². The Kier molecular flexibility index (Phi) is 4.25. The largest absolute Gasteiger partial charge is 0.395 e. The fraction of sp³-hybridized carbons (Fsp3) is 0.625. The first-order valence-corrected chi connectivity index (χ1v) is 6.27. The van der Waals surface area contributed by atoms with Crippen LogP contribution >= 0.6 is 0 Å². The number of aliphatic hydroxyl groups excluding tert-OH is 1. The molecule has 7 heteroatoms. The van der Waals surface area contributed by atoms with Gasteiger partial charge in [0.25, 0.3) is 0 Å². The molecule has 1 atom stereocenters. The minimum atomic E-state index is -3.38. The van der Waals surface area contributed by atoms with Gasteiger partial charge in [0.1, 0.15) is 0 Å². The highest BCUT2D eigenvalue weighted by Gasteiger charge is 2.13. The molecular formula is C8H15N3O3S. The number of hydrogen-bond acceptors (Lipinski definition) is 4. The molecule has 0 spiro atoms. The first kappa shape index (κ1) is 12.2. The summed E-state index contributed by atoms with van der Waals surface area (Å²) in [5.41, 5.74) is 0. The van der Waals surface area contributed by atoms with Gasteiger partial charge in [0.2, 0.25) is 10.0 Å². The van der Waals surface area contributed by atoms with Gasteiger partial charge in [0.15, 0.2) is 0 Å². The summed E-state index contributed by atoms with van der Waals surface area (Å²) in [5.74, 6) is -0.267. The zero-order valence-electron chi connectivity index (χ0n) is 8.50. The first-order chi connectivity index (χ1) is 7.03. The molecule has 1 aromatic heterocycles. The van der Waals surface area contributed by atoms with Gasteiger partial charge in [-0.05, 0) is 13.0 Å². The van der Waals surface area contributed by atoms with E-state index >= 15 is 0 Å². The molecule has 0 aliphatic heterocycles. The average Bonchev–Trinajstić information content (AvgIpc) is 2.54. The van der Waals surface area contributed by atoms with E-state index in [0.29, 0.717) is 6.54 Å². The summed E-state index contributed by atoms with van der Waals surface area (Å²) >= 11 is 0. The summed E-state index contributed by atoms with van der Waals surface area (Å²) in [6, 6.07) is 1.52. The van der Waals surface area contributed by atoms with Crippen molar-refractivity contribution < 1.29 is 13.5 Å². The molecule has 0 bridgehead atoms. The van der Waals surface area contributed by atoms with Crippen LogP contribution in [-0.4, -0.2) is 41.7 Å². The first-order valence-electron chi connectivity index (χ1n) is 4.62. The Bertz CT molecular complexity index is 374. The molecule has 1 unspecified atom stereocenters. The Balaban J connectivity index is 2.46. The maximum absolute atomic E-state index is 11.3. The number of sulfonamides is 1. The summed E-state index contributed by atoms with van der Waals surface area (Å²) in [6.07, 6.45) is 3.39. The number of nitrogens with one attached hydrogen (secondary N) is 1. The van der Waals surface area contributed by atoms with E-state index in [4.69, 9.17) is 5.11 Å². The minimum Gasteiger partial charge on any atom is -0.395 e. The number of hydrogen-bond donors (Lipinski definition) is 2. The normalized spacial score (nSPS) is 14.0. The molecule has 0 saturated heterocycles. The lowest BCUT2D eigenvalue weighted by molar-refractivity contribution is 0.318.